The molecule has 0 saturated carbocycles. The number of fused-ring (bicyclic) bond motifs is 1. The van der Waals surface area contributed by atoms with E-state index < -0.39 is 6.10 Å². The first-order valence-electron chi connectivity index (χ1n) is 10.6. The average molecular weight is 406 g/mol. The minimum atomic E-state index is -0.648. The van der Waals surface area contributed by atoms with Gasteiger partial charge in [-0.05, 0) is 37.8 Å². The zero-order chi connectivity index (χ0) is 20.9. The van der Waals surface area contributed by atoms with Crippen LogP contribution in [0.15, 0.2) is 54.6 Å². The van der Waals surface area contributed by atoms with Gasteiger partial charge >= 0.3 is 0 Å². The molecule has 0 radical (unpaired) electrons. The third-order valence-electron chi connectivity index (χ3n) is 5.64. The number of hydrogen-bond acceptors (Lipinski definition) is 4. The summed E-state index contributed by atoms with van der Waals surface area (Å²) in [5.41, 5.74) is 1.63. The van der Waals surface area contributed by atoms with Crippen molar-refractivity contribution in [2.45, 2.75) is 44.6 Å². The quantitative estimate of drug-likeness (QED) is 0.517. The van der Waals surface area contributed by atoms with Crippen LogP contribution in [0.25, 0.3) is 0 Å². The summed E-state index contributed by atoms with van der Waals surface area (Å²) < 4.78 is 6.02. The van der Waals surface area contributed by atoms with Crippen LogP contribution in [0.5, 0.6) is 5.75 Å². The maximum absolute atomic E-state index is 13.2. The first-order valence-corrected chi connectivity index (χ1v) is 10.6. The summed E-state index contributed by atoms with van der Waals surface area (Å²) in [7, 11) is 0. The lowest BCUT2D eigenvalue weighted by Crippen LogP contribution is -2.42. The van der Waals surface area contributed by atoms with Gasteiger partial charge in [-0.1, -0.05) is 42.5 Å². The maximum atomic E-state index is 13.2. The summed E-state index contributed by atoms with van der Waals surface area (Å²) in [6.07, 6.45) is 3.31. The van der Waals surface area contributed by atoms with Gasteiger partial charge in [0.2, 0.25) is 17.9 Å². The summed E-state index contributed by atoms with van der Waals surface area (Å²) in [6, 6.07) is 17.1. The first kappa shape index (κ1) is 20.1. The molecule has 2 aromatic rings. The highest BCUT2D eigenvalue weighted by Gasteiger charge is 2.35. The second-order valence-corrected chi connectivity index (χ2v) is 7.72. The summed E-state index contributed by atoms with van der Waals surface area (Å²) >= 11 is 0. The highest BCUT2D eigenvalue weighted by Crippen LogP contribution is 2.38. The molecule has 30 heavy (non-hydrogen) atoms. The predicted octanol–water partition coefficient (Wildman–Crippen LogP) is 3.86. The van der Waals surface area contributed by atoms with Crippen molar-refractivity contribution in [3.05, 3.63) is 60.2 Å². The molecular formula is C24H26N2O4. The van der Waals surface area contributed by atoms with Gasteiger partial charge in [-0.2, -0.15) is 0 Å². The number of carbonyl (C=O) groups excluding carboxylic acids is 3. The van der Waals surface area contributed by atoms with Crippen molar-refractivity contribution in [1.29, 1.82) is 0 Å². The van der Waals surface area contributed by atoms with Crippen LogP contribution in [-0.4, -0.2) is 35.7 Å². The molecule has 2 aliphatic rings. The standard InChI is InChI=1S/C24H26N2O4/c27-21-14-9-15-22(28)26(21)17-8-2-7-16-25-19-12-5-6-13-20(19)30-23(24(25)29)18-10-3-1-4-11-18/h1,3-6,10-13,23H,2,7-9,14-17H2. The molecule has 0 aromatic heterocycles. The van der Waals surface area contributed by atoms with Crippen LogP contribution < -0.4 is 9.64 Å². The van der Waals surface area contributed by atoms with Crippen LogP contribution in [0.4, 0.5) is 5.69 Å². The van der Waals surface area contributed by atoms with E-state index in [0.717, 1.165) is 30.5 Å². The Hall–Kier alpha value is -3.15. The van der Waals surface area contributed by atoms with Crippen LogP contribution in [0.1, 0.15) is 50.2 Å². The predicted molar refractivity (Wildman–Crippen MR) is 113 cm³/mol. The summed E-state index contributed by atoms with van der Waals surface area (Å²) in [5, 5.41) is 0. The Balaban J connectivity index is 1.38. The van der Waals surface area contributed by atoms with E-state index in [0.29, 0.717) is 38.1 Å². The molecule has 2 aliphatic heterocycles. The first-order chi connectivity index (χ1) is 14.6. The Labute approximate surface area is 176 Å². The molecule has 156 valence electrons. The summed E-state index contributed by atoms with van der Waals surface area (Å²) in [5.74, 6) is 0.514. The summed E-state index contributed by atoms with van der Waals surface area (Å²) in [6.45, 7) is 1.04. The number of likely N-dealkylation sites (tertiary alicyclic amines) is 1. The van der Waals surface area contributed by atoms with E-state index in [-0.39, 0.29) is 17.7 Å². The number of ether oxygens (including phenoxy) is 1. The molecule has 0 N–H and O–H groups in total. The molecule has 0 bridgehead atoms. The second-order valence-electron chi connectivity index (χ2n) is 7.72. The number of unbranched alkanes of at least 4 members (excludes halogenated alkanes) is 2. The maximum Gasteiger partial charge on any atom is 0.272 e. The van der Waals surface area contributed by atoms with Crippen molar-refractivity contribution in [3.63, 3.8) is 0 Å². The number of anilines is 1. The van der Waals surface area contributed by atoms with E-state index in [2.05, 4.69) is 0 Å². The zero-order valence-corrected chi connectivity index (χ0v) is 17.0. The van der Waals surface area contributed by atoms with Crippen LogP contribution in [0.3, 0.4) is 0 Å². The molecule has 3 amide bonds. The minimum absolute atomic E-state index is 0.0609. The lowest BCUT2D eigenvalue weighted by Gasteiger charge is -2.34. The minimum Gasteiger partial charge on any atom is -0.474 e. The van der Waals surface area contributed by atoms with Gasteiger partial charge in [0.1, 0.15) is 5.75 Å². The fourth-order valence-corrected chi connectivity index (χ4v) is 4.05. The topological polar surface area (TPSA) is 66.9 Å². The van der Waals surface area contributed by atoms with Gasteiger partial charge < -0.3 is 9.64 Å². The number of amides is 3. The van der Waals surface area contributed by atoms with E-state index in [1.54, 1.807) is 4.90 Å². The van der Waals surface area contributed by atoms with E-state index in [1.165, 1.54) is 4.90 Å². The van der Waals surface area contributed by atoms with E-state index in [4.69, 9.17) is 4.74 Å². The second kappa shape index (κ2) is 9.11. The number of rotatable bonds is 7. The number of hydrogen-bond donors (Lipinski definition) is 0. The molecule has 2 aromatic carbocycles. The van der Waals surface area contributed by atoms with Crippen LogP contribution in [0, 0.1) is 0 Å². The van der Waals surface area contributed by atoms with Crippen molar-refractivity contribution in [2.24, 2.45) is 0 Å². The molecular weight excluding hydrogens is 380 g/mol. The Morgan fingerprint density at radius 1 is 0.767 bits per heavy atom. The third kappa shape index (κ3) is 4.22. The van der Waals surface area contributed by atoms with Gasteiger partial charge in [-0.15, -0.1) is 0 Å². The molecule has 1 atom stereocenters. The molecule has 1 saturated heterocycles. The van der Waals surface area contributed by atoms with Gasteiger partial charge in [-0.25, -0.2) is 0 Å². The van der Waals surface area contributed by atoms with Crippen LogP contribution in [-0.2, 0) is 14.4 Å². The van der Waals surface area contributed by atoms with Crippen molar-refractivity contribution >= 4 is 23.4 Å². The van der Waals surface area contributed by atoms with E-state index >= 15 is 0 Å². The molecule has 0 aliphatic carbocycles. The highest BCUT2D eigenvalue weighted by atomic mass is 16.5. The lowest BCUT2D eigenvalue weighted by atomic mass is 10.0. The smallest absolute Gasteiger partial charge is 0.272 e. The van der Waals surface area contributed by atoms with Crippen molar-refractivity contribution in [2.75, 3.05) is 18.0 Å². The number of piperidine rings is 1. The average Bonchev–Trinajstić information content (AvgIpc) is 2.77. The normalized spacial score (nSPS) is 18.9. The molecule has 4 rings (SSSR count). The summed E-state index contributed by atoms with van der Waals surface area (Å²) in [4.78, 5) is 40.2. The van der Waals surface area contributed by atoms with E-state index in [1.807, 2.05) is 54.6 Å². The Morgan fingerprint density at radius 2 is 1.40 bits per heavy atom. The molecule has 6 nitrogen and oxygen atoms in total. The van der Waals surface area contributed by atoms with Crippen molar-refractivity contribution in [3.8, 4) is 5.75 Å². The van der Waals surface area contributed by atoms with Gasteiger partial charge in [0.05, 0.1) is 5.69 Å². The number of para-hydroxylation sites is 2. The van der Waals surface area contributed by atoms with Gasteiger partial charge in [-0.3, -0.25) is 19.3 Å². The molecule has 1 fully saturated rings. The Bertz CT molecular complexity index is 912. The molecule has 2 heterocycles. The molecule has 6 heteroatoms. The van der Waals surface area contributed by atoms with Crippen molar-refractivity contribution < 1.29 is 19.1 Å². The largest absolute Gasteiger partial charge is 0.474 e. The monoisotopic (exact) mass is 406 g/mol. The lowest BCUT2D eigenvalue weighted by molar-refractivity contribution is -0.148. The van der Waals surface area contributed by atoms with E-state index in [9.17, 15) is 14.4 Å². The Morgan fingerprint density at radius 3 is 2.13 bits per heavy atom. The third-order valence-corrected chi connectivity index (χ3v) is 5.64. The fraction of sp³-hybridized carbons (Fsp3) is 0.375. The number of imide groups is 1. The number of carbonyl (C=O) groups is 3. The van der Waals surface area contributed by atoms with Crippen molar-refractivity contribution in [1.82, 2.24) is 4.90 Å². The highest BCUT2D eigenvalue weighted by molar-refractivity contribution is 6.00. The van der Waals surface area contributed by atoms with Crippen LogP contribution in [0.2, 0.25) is 0 Å². The van der Waals surface area contributed by atoms with Gasteiger partial charge in [0.15, 0.2) is 0 Å². The fourth-order valence-electron chi connectivity index (χ4n) is 4.05. The SMILES string of the molecule is O=C1CCCC(=O)N1CCCCCN1C(=O)C(c2ccccc2)Oc2ccccc21. The molecule has 0 spiro atoms. The van der Waals surface area contributed by atoms with Gasteiger partial charge in [0, 0.05) is 31.5 Å². The Kier molecular flexibility index (Phi) is 6.12. The zero-order valence-electron chi connectivity index (χ0n) is 17.0. The van der Waals surface area contributed by atoms with Crippen LogP contribution >= 0.6 is 0 Å². The number of benzene rings is 2. The number of nitrogens with zero attached hydrogens (tertiary/aromatic N) is 2. The molecule has 1 unspecified atom stereocenters. The van der Waals surface area contributed by atoms with Gasteiger partial charge in [0.25, 0.3) is 5.91 Å².